The number of aryl methyl sites for hydroxylation is 2. The predicted molar refractivity (Wildman–Crippen MR) is 75.4 cm³/mol. The first-order chi connectivity index (χ1) is 8.47. The lowest BCUT2D eigenvalue weighted by molar-refractivity contribution is 0.310. The second-order valence-electron chi connectivity index (χ2n) is 5.22. The van der Waals surface area contributed by atoms with E-state index in [-0.39, 0.29) is 6.04 Å². The van der Waals surface area contributed by atoms with Crippen LogP contribution in [0.15, 0.2) is 18.2 Å². The van der Waals surface area contributed by atoms with Crippen LogP contribution < -0.4 is 5.73 Å². The number of rotatable bonds is 4. The molecular weight excluding hydrogens is 224 g/mol. The SMILES string of the molecule is Cc1nc2cc(CN(C)CC(C)N)ccc2n1C. The Morgan fingerprint density at radius 3 is 2.83 bits per heavy atom. The van der Waals surface area contributed by atoms with Gasteiger partial charge in [0, 0.05) is 26.2 Å². The number of hydrogen-bond donors (Lipinski definition) is 1. The molecule has 0 radical (unpaired) electrons. The zero-order valence-corrected chi connectivity index (χ0v) is 11.6. The highest BCUT2D eigenvalue weighted by atomic mass is 15.1. The number of fused-ring (bicyclic) bond motifs is 1. The average molecular weight is 246 g/mol. The second kappa shape index (κ2) is 5.08. The summed E-state index contributed by atoms with van der Waals surface area (Å²) >= 11 is 0. The van der Waals surface area contributed by atoms with Crippen LogP contribution in [0.4, 0.5) is 0 Å². The number of aromatic nitrogens is 2. The maximum atomic E-state index is 5.80. The maximum absolute atomic E-state index is 5.80. The molecule has 1 atom stereocenters. The molecule has 2 N–H and O–H groups in total. The molecule has 0 saturated carbocycles. The lowest BCUT2D eigenvalue weighted by Crippen LogP contribution is -2.32. The summed E-state index contributed by atoms with van der Waals surface area (Å²) in [6, 6.07) is 6.68. The largest absolute Gasteiger partial charge is 0.331 e. The van der Waals surface area contributed by atoms with Crippen molar-refractivity contribution >= 4 is 11.0 Å². The third kappa shape index (κ3) is 2.71. The molecule has 2 aromatic rings. The number of nitrogens with two attached hydrogens (primary N) is 1. The van der Waals surface area contributed by atoms with E-state index in [4.69, 9.17) is 5.73 Å². The van der Waals surface area contributed by atoms with Gasteiger partial charge < -0.3 is 15.2 Å². The van der Waals surface area contributed by atoms with E-state index in [0.29, 0.717) is 0 Å². The molecule has 0 amide bonds. The summed E-state index contributed by atoms with van der Waals surface area (Å²) in [4.78, 5) is 6.80. The molecule has 98 valence electrons. The number of nitrogens with zero attached hydrogens (tertiary/aromatic N) is 3. The molecule has 0 aliphatic carbocycles. The van der Waals surface area contributed by atoms with Crippen LogP contribution in [0.25, 0.3) is 11.0 Å². The lowest BCUT2D eigenvalue weighted by Gasteiger charge is -2.18. The van der Waals surface area contributed by atoms with Gasteiger partial charge in [0.25, 0.3) is 0 Å². The van der Waals surface area contributed by atoms with Crippen LogP contribution in [-0.4, -0.2) is 34.1 Å². The Morgan fingerprint density at radius 2 is 2.17 bits per heavy atom. The zero-order valence-electron chi connectivity index (χ0n) is 11.6. The Balaban J connectivity index is 2.20. The molecule has 1 unspecified atom stereocenters. The fourth-order valence-corrected chi connectivity index (χ4v) is 2.33. The monoisotopic (exact) mass is 246 g/mol. The van der Waals surface area contributed by atoms with Crippen molar-refractivity contribution in [3.63, 3.8) is 0 Å². The Labute approximate surface area is 108 Å². The molecule has 0 bridgehead atoms. The molecule has 0 fully saturated rings. The van der Waals surface area contributed by atoms with Crippen LogP contribution in [0, 0.1) is 6.92 Å². The minimum absolute atomic E-state index is 0.204. The third-order valence-corrected chi connectivity index (χ3v) is 3.22. The van der Waals surface area contributed by atoms with E-state index in [1.807, 2.05) is 20.9 Å². The van der Waals surface area contributed by atoms with E-state index in [0.717, 1.165) is 24.4 Å². The van der Waals surface area contributed by atoms with Crippen LogP contribution in [0.3, 0.4) is 0 Å². The molecule has 1 aromatic carbocycles. The predicted octanol–water partition coefficient (Wildman–Crippen LogP) is 1.66. The molecule has 0 aliphatic heterocycles. The third-order valence-electron chi connectivity index (χ3n) is 3.22. The van der Waals surface area contributed by atoms with Crippen molar-refractivity contribution in [2.45, 2.75) is 26.4 Å². The first-order valence-corrected chi connectivity index (χ1v) is 6.33. The van der Waals surface area contributed by atoms with E-state index in [9.17, 15) is 0 Å². The summed E-state index contributed by atoms with van der Waals surface area (Å²) in [5.41, 5.74) is 9.34. The molecule has 1 heterocycles. The normalized spacial score (nSPS) is 13.4. The standard InChI is InChI=1S/C14H22N4/c1-10(15)8-17(3)9-12-5-6-14-13(7-12)16-11(2)18(14)4/h5-7,10H,8-9,15H2,1-4H3. The van der Waals surface area contributed by atoms with E-state index in [1.54, 1.807) is 0 Å². The van der Waals surface area contributed by atoms with Crippen molar-refractivity contribution in [1.29, 1.82) is 0 Å². The summed E-state index contributed by atoms with van der Waals surface area (Å²) in [7, 11) is 4.14. The van der Waals surface area contributed by atoms with Crippen LogP contribution in [0.5, 0.6) is 0 Å². The summed E-state index contributed by atoms with van der Waals surface area (Å²) in [6.07, 6.45) is 0. The minimum Gasteiger partial charge on any atom is -0.331 e. The van der Waals surface area contributed by atoms with Gasteiger partial charge in [-0.15, -0.1) is 0 Å². The van der Waals surface area contributed by atoms with Crippen molar-refractivity contribution in [3.8, 4) is 0 Å². The Kier molecular flexibility index (Phi) is 3.68. The van der Waals surface area contributed by atoms with Crippen molar-refractivity contribution < 1.29 is 0 Å². The van der Waals surface area contributed by atoms with Gasteiger partial charge in [-0.05, 0) is 38.6 Å². The van der Waals surface area contributed by atoms with Gasteiger partial charge in [-0.2, -0.15) is 0 Å². The molecule has 18 heavy (non-hydrogen) atoms. The van der Waals surface area contributed by atoms with Gasteiger partial charge in [0.15, 0.2) is 0 Å². The van der Waals surface area contributed by atoms with Crippen molar-refractivity contribution in [2.75, 3.05) is 13.6 Å². The van der Waals surface area contributed by atoms with Gasteiger partial charge in [0.05, 0.1) is 11.0 Å². The highest BCUT2D eigenvalue weighted by Gasteiger charge is 2.07. The average Bonchev–Trinajstić information content (AvgIpc) is 2.53. The van der Waals surface area contributed by atoms with Crippen molar-refractivity contribution in [1.82, 2.24) is 14.5 Å². The van der Waals surface area contributed by atoms with Crippen molar-refractivity contribution in [3.05, 3.63) is 29.6 Å². The Bertz CT molecular complexity index is 542. The fraction of sp³-hybridized carbons (Fsp3) is 0.500. The number of hydrogen-bond acceptors (Lipinski definition) is 3. The maximum Gasteiger partial charge on any atom is 0.106 e. The van der Waals surface area contributed by atoms with Crippen molar-refractivity contribution in [2.24, 2.45) is 12.8 Å². The molecule has 4 nitrogen and oxygen atoms in total. The molecule has 2 rings (SSSR count). The molecule has 0 aliphatic rings. The van der Waals surface area contributed by atoms with E-state index < -0.39 is 0 Å². The first-order valence-electron chi connectivity index (χ1n) is 6.33. The summed E-state index contributed by atoms with van der Waals surface area (Å²) in [6.45, 7) is 5.87. The lowest BCUT2D eigenvalue weighted by atomic mass is 10.2. The summed E-state index contributed by atoms with van der Waals surface area (Å²) < 4.78 is 2.12. The van der Waals surface area contributed by atoms with E-state index in [1.165, 1.54) is 11.1 Å². The van der Waals surface area contributed by atoms with Crippen LogP contribution in [0.2, 0.25) is 0 Å². The summed E-state index contributed by atoms with van der Waals surface area (Å²) in [5, 5.41) is 0. The van der Waals surface area contributed by atoms with Crippen LogP contribution in [0.1, 0.15) is 18.3 Å². The first kappa shape index (κ1) is 13.1. The van der Waals surface area contributed by atoms with Crippen LogP contribution >= 0.6 is 0 Å². The number of benzene rings is 1. The van der Waals surface area contributed by atoms with Crippen LogP contribution in [-0.2, 0) is 13.6 Å². The van der Waals surface area contributed by atoms with E-state index >= 15 is 0 Å². The Morgan fingerprint density at radius 1 is 1.44 bits per heavy atom. The van der Waals surface area contributed by atoms with Gasteiger partial charge in [-0.3, -0.25) is 0 Å². The fourth-order valence-electron chi connectivity index (χ4n) is 2.33. The quantitative estimate of drug-likeness (QED) is 0.892. The molecule has 4 heteroatoms. The molecule has 0 saturated heterocycles. The van der Waals surface area contributed by atoms with Gasteiger partial charge in [0.1, 0.15) is 5.82 Å². The van der Waals surface area contributed by atoms with Gasteiger partial charge >= 0.3 is 0 Å². The minimum atomic E-state index is 0.204. The van der Waals surface area contributed by atoms with Gasteiger partial charge in [0.2, 0.25) is 0 Å². The smallest absolute Gasteiger partial charge is 0.106 e. The summed E-state index contributed by atoms with van der Waals surface area (Å²) in [5.74, 6) is 1.05. The molecule has 1 aromatic heterocycles. The van der Waals surface area contributed by atoms with E-state index in [2.05, 4.69) is 39.7 Å². The highest BCUT2D eigenvalue weighted by molar-refractivity contribution is 5.76. The number of imidazole rings is 1. The molecule has 0 spiro atoms. The topological polar surface area (TPSA) is 47.1 Å². The number of likely N-dealkylation sites (N-methyl/N-ethyl adjacent to an activating group) is 1. The van der Waals surface area contributed by atoms with Gasteiger partial charge in [-0.1, -0.05) is 6.07 Å². The molecular formula is C14H22N4. The zero-order chi connectivity index (χ0) is 13.3. The Hall–Kier alpha value is -1.39. The second-order valence-corrected chi connectivity index (χ2v) is 5.22. The highest BCUT2D eigenvalue weighted by Crippen LogP contribution is 2.17. The van der Waals surface area contributed by atoms with Gasteiger partial charge in [-0.25, -0.2) is 4.98 Å².